The fourth-order valence-electron chi connectivity index (χ4n) is 2.04. The van der Waals surface area contributed by atoms with Crippen LogP contribution in [0, 0.1) is 5.92 Å². The van der Waals surface area contributed by atoms with E-state index >= 15 is 0 Å². The Morgan fingerprint density at radius 1 is 1.47 bits per heavy atom. The summed E-state index contributed by atoms with van der Waals surface area (Å²) in [6, 6.07) is 0.473. The average molecular weight is 235 g/mol. The zero-order valence-electron chi connectivity index (χ0n) is 9.68. The van der Waals surface area contributed by atoms with E-state index in [1.807, 2.05) is 0 Å². The summed E-state index contributed by atoms with van der Waals surface area (Å²) in [4.78, 5) is 2.27. The number of sulfone groups is 1. The number of rotatable bonds is 4. The summed E-state index contributed by atoms with van der Waals surface area (Å²) >= 11 is 0. The third kappa shape index (κ3) is 4.09. The van der Waals surface area contributed by atoms with Gasteiger partial charge in [-0.25, -0.2) is 8.42 Å². The second kappa shape index (κ2) is 4.80. The van der Waals surface area contributed by atoms with Gasteiger partial charge in [0.05, 0.1) is 11.9 Å². The van der Waals surface area contributed by atoms with E-state index in [2.05, 4.69) is 18.7 Å². The highest BCUT2D eigenvalue weighted by molar-refractivity contribution is 7.90. The summed E-state index contributed by atoms with van der Waals surface area (Å²) in [5, 5.41) is 9.78. The van der Waals surface area contributed by atoms with Gasteiger partial charge in [0.1, 0.15) is 9.84 Å². The van der Waals surface area contributed by atoms with Crippen LogP contribution in [0.3, 0.4) is 0 Å². The SMILES string of the molecule is CC(C)N1CCC(C(O)CS(C)(=O)=O)C1. The monoisotopic (exact) mass is 235 g/mol. The van der Waals surface area contributed by atoms with Crippen molar-refractivity contribution in [1.82, 2.24) is 4.90 Å². The maximum Gasteiger partial charge on any atom is 0.150 e. The molecule has 2 atom stereocenters. The second-order valence-electron chi connectivity index (χ2n) is 4.80. The molecule has 0 aliphatic carbocycles. The number of hydrogen-bond acceptors (Lipinski definition) is 4. The number of aliphatic hydroxyl groups is 1. The van der Waals surface area contributed by atoms with Crippen LogP contribution in [-0.4, -0.2) is 55.7 Å². The molecule has 0 amide bonds. The maximum atomic E-state index is 11.0. The van der Waals surface area contributed by atoms with Gasteiger partial charge >= 0.3 is 0 Å². The lowest BCUT2D eigenvalue weighted by molar-refractivity contribution is 0.127. The van der Waals surface area contributed by atoms with Crippen LogP contribution in [0.4, 0.5) is 0 Å². The molecule has 1 aliphatic heterocycles. The van der Waals surface area contributed by atoms with Crippen LogP contribution in [0.2, 0.25) is 0 Å². The van der Waals surface area contributed by atoms with E-state index in [1.165, 1.54) is 6.26 Å². The standard InChI is InChI=1S/C10H21NO3S/c1-8(2)11-5-4-9(6-11)10(12)7-15(3,13)14/h8-10,12H,4-7H2,1-3H3. The van der Waals surface area contributed by atoms with Crippen molar-refractivity contribution in [1.29, 1.82) is 0 Å². The molecule has 15 heavy (non-hydrogen) atoms. The molecular formula is C10H21NO3S. The molecule has 1 fully saturated rings. The van der Waals surface area contributed by atoms with Crippen molar-refractivity contribution in [3.05, 3.63) is 0 Å². The lowest BCUT2D eigenvalue weighted by Crippen LogP contribution is -2.33. The Balaban J connectivity index is 2.47. The zero-order valence-corrected chi connectivity index (χ0v) is 10.5. The van der Waals surface area contributed by atoms with Gasteiger partial charge in [0.2, 0.25) is 0 Å². The van der Waals surface area contributed by atoms with Crippen LogP contribution in [0.5, 0.6) is 0 Å². The minimum absolute atomic E-state index is 0.108. The Morgan fingerprint density at radius 2 is 2.07 bits per heavy atom. The van der Waals surface area contributed by atoms with E-state index in [-0.39, 0.29) is 11.7 Å². The molecule has 1 N–H and O–H groups in total. The molecule has 5 heteroatoms. The highest BCUT2D eigenvalue weighted by Gasteiger charge is 2.30. The van der Waals surface area contributed by atoms with Gasteiger partial charge in [-0.1, -0.05) is 0 Å². The van der Waals surface area contributed by atoms with Gasteiger partial charge in [-0.3, -0.25) is 0 Å². The molecule has 0 spiro atoms. The minimum atomic E-state index is -3.07. The smallest absolute Gasteiger partial charge is 0.150 e. The van der Waals surface area contributed by atoms with E-state index in [0.29, 0.717) is 6.04 Å². The molecule has 0 aromatic carbocycles. The van der Waals surface area contributed by atoms with Crippen LogP contribution in [0.25, 0.3) is 0 Å². The predicted molar refractivity (Wildman–Crippen MR) is 60.5 cm³/mol. The predicted octanol–water partition coefficient (Wildman–Crippen LogP) is 0.122. The third-order valence-corrected chi connectivity index (χ3v) is 3.95. The zero-order chi connectivity index (χ0) is 11.6. The van der Waals surface area contributed by atoms with Gasteiger partial charge in [0, 0.05) is 18.8 Å². The van der Waals surface area contributed by atoms with Crippen molar-refractivity contribution in [2.75, 3.05) is 25.1 Å². The summed E-state index contributed by atoms with van der Waals surface area (Å²) in [6.45, 7) is 6.01. The Bertz CT molecular complexity index is 300. The largest absolute Gasteiger partial charge is 0.392 e. The van der Waals surface area contributed by atoms with E-state index < -0.39 is 15.9 Å². The fourth-order valence-corrected chi connectivity index (χ4v) is 2.94. The van der Waals surface area contributed by atoms with E-state index in [0.717, 1.165) is 19.5 Å². The molecule has 0 radical (unpaired) electrons. The molecule has 1 rings (SSSR count). The first-order chi connectivity index (χ1) is 6.79. The first-order valence-corrected chi connectivity index (χ1v) is 7.45. The van der Waals surface area contributed by atoms with Gasteiger partial charge in [-0.2, -0.15) is 0 Å². The molecular weight excluding hydrogens is 214 g/mol. The highest BCUT2D eigenvalue weighted by atomic mass is 32.2. The first kappa shape index (κ1) is 12.9. The van der Waals surface area contributed by atoms with Crippen molar-refractivity contribution < 1.29 is 13.5 Å². The van der Waals surface area contributed by atoms with Gasteiger partial charge < -0.3 is 10.0 Å². The van der Waals surface area contributed by atoms with Crippen LogP contribution in [0.15, 0.2) is 0 Å². The molecule has 4 nitrogen and oxygen atoms in total. The summed E-state index contributed by atoms with van der Waals surface area (Å²) in [7, 11) is -3.07. The Labute approximate surface area is 92.2 Å². The minimum Gasteiger partial charge on any atom is -0.392 e. The molecule has 0 bridgehead atoms. The maximum absolute atomic E-state index is 11.0. The van der Waals surface area contributed by atoms with E-state index in [4.69, 9.17) is 0 Å². The molecule has 90 valence electrons. The number of likely N-dealkylation sites (tertiary alicyclic amines) is 1. The van der Waals surface area contributed by atoms with Crippen molar-refractivity contribution >= 4 is 9.84 Å². The summed E-state index contributed by atoms with van der Waals surface area (Å²) in [5.41, 5.74) is 0. The van der Waals surface area contributed by atoms with E-state index in [9.17, 15) is 13.5 Å². The lowest BCUT2D eigenvalue weighted by atomic mass is 10.0. The lowest BCUT2D eigenvalue weighted by Gasteiger charge is -2.22. The van der Waals surface area contributed by atoms with Gasteiger partial charge in [-0.05, 0) is 32.7 Å². The highest BCUT2D eigenvalue weighted by Crippen LogP contribution is 2.22. The van der Waals surface area contributed by atoms with Crippen molar-refractivity contribution in [3.8, 4) is 0 Å². The van der Waals surface area contributed by atoms with E-state index in [1.54, 1.807) is 0 Å². The summed E-state index contributed by atoms with van der Waals surface area (Å²) in [6.07, 6.45) is 1.36. The molecule has 2 unspecified atom stereocenters. The summed E-state index contributed by atoms with van der Waals surface area (Å²) in [5.74, 6) is 0.00554. The summed E-state index contributed by atoms with van der Waals surface area (Å²) < 4.78 is 22.1. The van der Waals surface area contributed by atoms with Gasteiger partial charge in [-0.15, -0.1) is 0 Å². The van der Waals surface area contributed by atoms with Gasteiger partial charge in [0.15, 0.2) is 0 Å². The first-order valence-electron chi connectivity index (χ1n) is 5.39. The average Bonchev–Trinajstić information content (AvgIpc) is 2.47. The van der Waals surface area contributed by atoms with Crippen LogP contribution >= 0.6 is 0 Å². The molecule has 0 saturated carbocycles. The van der Waals surface area contributed by atoms with Crippen LogP contribution in [0.1, 0.15) is 20.3 Å². The van der Waals surface area contributed by atoms with Crippen LogP contribution in [-0.2, 0) is 9.84 Å². The topological polar surface area (TPSA) is 57.6 Å². The number of hydrogen-bond donors (Lipinski definition) is 1. The van der Waals surface area contributed by atoms with Crippen molar-refractivity contribution in [2.45, 2.75) is 32.4 Å². The quantitative estimate of drug-likeness (QED) is 0.752. The molecule has 1 saturated heterocycles. The molecule has 0 aromatic rings. The van der Waals surface area contributed by atoms with Gasteiger partial charge in [0.25, 0.3) is 0 Å². The number of aliphatic hydroxyl groups excluding tert-OH is 1. The Morgan fingerprint density at radius 3 is 2.47 bits per heavy atom. The molecule has 1 aliphatic rings. The second-order valence-corrected chi connectivity index (χ2v) is 6.98. The van der Waals surface area contributed by atoms with Crippen molar-refractivity contribution in [2.24, 2.45) is 5.92 Å². The Kier molecular flexibility index (Phi) is 4.14. The third-order valence-electron chi connectivity index (χ3n) is 3.00. The Hall–Kier alpha value is -0.130. The van der Waals surface area contributed by atoms with Crippen LogP contribution < -0.4 is 0 Å². The fraction of sp³-hybridized carbons (Fsp3) is 1.00. The number of nitrogens with zero attached hydrogens (tertiary/aromatic N) is 1. The molecule has 1 heterocycles. The molecule has 0 aromatic heterocycles. The normalized spacial score (nSPS) is 26.1. The van der Waals surface area contributed by atoms with Crippen molar-refractivity contribution in [3.63, 3.8) is 0 Å².